The van der Waals surface area contributed by atoms with Gasteiger partial charge in [-0.1, -0.05) is 66.2 Å². The lowest BCUT2D eigenvalue weighted by molar-refractivity contribution is -0.114. The first-order valence-corrected chi connectivity index (χ1v) is 13.1. The van der Waals surface area contributed by atoms with E-state index in [-0.39, 0.29) is 11.4 Å². The van der Waals surface area contributed by atoms with E-state index in [0.29, 0.717) is 23.4 Å². The summed E-state index contributed by atoms with van der Waals surface area (Å²) in [5.41, 5.74) is 5.27. The molecule has 2 aliphatic heterocycles. The number of rotatable bonds is 6. The van der Waals surface area contributed by atoms with Crippen LogP contribution in [0.25, 0.3) is 17.0 Å². The number of thioether (sulfide) groups is 1. The number of ether oxygens (including phenoxy) is 1. The molecule has 0 bridgehead atoms. The van der Waals surface area contributed by atoms with Gasteiger partial charge in [-0.25, -0.2) is 0 Å². The van der Waals surface area contributed by atoms with Crippen LogP contribution in [0, 0.1) is 19.3 Å². The summed E-state index contributed by atoms with van der Waals surface area (Å²) in [4.78, 5) is 17.3. The van der Waals surface area contributed by atoms with E-state index in [0.717, 1.165) is 38.9 Å². The number of para-hydroxylation sites is 2. The zero-order valence-electron chi connectivity index (χ0n) is 21.0. The summed E-state index contributed by atoms with van der Waals surface area (Å²) in [5, 5.41) is 17.0. The van der Waals surface area contributed by atoms with Crippen molar-refractivity contribution in [2.24, 2.45) is 10.1 Å². The predicted octanol–water partition coefficient (Wildman–Crippen LogP) is 6.00. The number of fused-ring (bicyclic) bond motifs is 2. The molecule has 6 rings (SSSR count). The fourth-order valence-electron chi connectivity index (χ4n) is 4.51. The Hall–Kier alpha value is -4.43. The number of hydrogen-bond donors (Lipinski definition) is 1. The average Bonchev–Trinajstić information content (AvgIpc) is 3.50. The number of amides is 1. The molecule has 0 unspecified atom stereocenters. The third-order valence-corrected chi connectivity index (χ3v) is 7.51. The van der Waals surface area contributed by atoms with Crippen LogP contribution < -0.4 is 4.74 Å². The van der Waals surface area contributed by atoms with Gasteiger partial charge >= 0.3 is 0 Å². The van der Waals surface area contributed by atoms with Crippen molar-refractivity contribution >= 4 is 50.7 Å². The molecule has 1 amide bonds. The summed E-state index contributed by atoms with van der Waals surface area (Å²) < 4.78 is 8.13. The first-order valence-electron chi connectivity index (χ1n) is 12.3. The Kier molecular flexibility index (Phi) is 6.17. The number of carbonyl (C=O) groups is 1. The molecule has 0 spiro atoms. The van der Waals surface area contributed by atoms with E-state index in [1.807, 2.05) is 92.8 Å². The standard InChI is InChI=1S/C30H25N5O2S/c1-19-11-13-21(14-12-19)29-33-35-27(31)24(28(36)32-30(35)38-29)17-22-18-34(25-9-5-4-8-23(22)25)15-16-37-26-10-6-3-7-20(26)2/h3-14,17-18,31H,15-16H2,1-2H3/b24-17-,31-27?. The van der Waals surface area contributed by atoms with Gasteiger partial charge < -0.3 is 9.30 Å². The third-order valence-electron chi connectivity index (χ3n) is 6.56. The largest absolute Gasteiger partial charge is 0.491 e. The Morgan fingerprint density at radius 3 is 2.58 bits per heavy atom. The van der Waals surface area contributed by atoms with Crippen LogP contribution in [0.5, 0.6) is 5.75 Å². The summed E-state index contributed by atoms with van der Waals surface area (Å²) in [5.74, 6) is 0.457. The second-order valence-corrected chi connectivity index (χ2v) is 10.2. The van der Waals surface area contributed by atoms with Crippen molar-refractivity contribution in [2.45, 2.75) is 20.4 Å². The molecule has 1 aromatic heterocycles. The van der Waals surface area contributed by atoms with Crippen LogP contribution in [0.15, 0.2) is 94.7 Å². The van der Waals surface area contributed by atoms with Gasteiger partial charge in [-0.2, -0.15) is 15.1 Å². The van der Waals surface area contributed by atoms with E-state index in [4.69, 9.17) is 10.1 Å². The summed E-state index contributed by atoms with van der Waals surface area (Å²) in [6.07, 6.45) is 3.74. The molecule has 3 aromatic carbocycles. The van der Waals surface area contributed by atoms with Crippen LogP contribution in [0.3, 0.4) is 0 Å². The number of nitrogens with zero attached hydrogens (tertiary/aromatic N) is 4. The van der Waals surface area contributed by atoms with Crippen molar-refractivity contribution in [1.82, 2.24) is 9.58 Å². The molecular formula is C30H25N5O2S. The minimum Gasteiger partial charge on any atom is -0.491 e. The number of carbonyl (C=O) groups excluding carboxylic acids is 1. The van der Waals surface area contributed by atoms with Crippen molar-refractivity contribution in [3.05, 3.63) is 107 Å². The number of aliphatic imine (C=N–C) groups is 1. The van der Waals surface area contributed by atoms with Crippen LogP contribution in [-0.2, 0) is 11.3 Å². The van der Waals surface area contributed by atoms with E-state index in [1.165, 1.54) is 16.8 Å². The summed E-state index contributed by atoms with van der Waals surface area (Å²) >= 11 is 1.30. The van der Waals surface area contributed by atoms with Crippen LogP contribution in [0.2, 0.25) is 0 Å². The lowest BCUT2D eigenvalue weighted by Gasteiger charge is -2.20. The van der Waals surface area contributed by atoms with Gasteiger partial charge in [0.1, 0.15) is 17.4 Å². The van der Waals surface area contributed by atoms with Gasteiger partial charge in [-0.05, 0) is 49.4 Å². The maximum atomic E-state index is 13.0. The molecular weight excluding hydrogens is 494 g/mol. The number of nitrogens with one attached hydrogen (secondary N) is 1. The van der Waals surface area contributed by atoms with Crippen LogP contribution in [0.1, 0.15) is 22.3 Å². The Labute approximate surface area is 224 Å². The molecule has 2 aliphatic rings. The quantitative estimate of drug-likeness (QED) is 0.317. The molecule has 0 saturated heterocycles. The van der Waals surface area contributed by atoms with Crippen LogP contribution in [-0.4, -0.2) is 38.1 Å². The van der Waals surface area contributed by atoms with Gasteiger partial charge in [0.15, 0.2) is 5.84 Å². The van der Waals surface area contributed by atoms with Gasteiger partial charge in [0, 0.05) is 28.2 Å². The number of benzene rings is 3. The molecule has 7 nitrogen and oxygen atoms in total. The smallest absolute Gasteiger partial charge is 0.283 e. The summed E-state index contributed by atoms with van der Waals surface area (Å²) in [6.45, 7) is 5.20. The average molecular weight is 520 g/mol. The monoisotopic (exact) mass is 519 g/mol. The molecule has 0 radical (unpaired) electrons. The van der Waals surface area contributed by atoms with Crippen molar-refractivity contribution < 1.29 is 9.53 Å². The van der Waals surface area contributed by atoms with Crippen molar-refractivity contribution in [2.75, 3.05) is 6.61 Å². The molecule has 0 saturated carbocycles. The van der Waals surface area contributed by atoms with Gasteiger partial charge in [-0.15, -0.1) is 0 Å². The molecule has 188 valence electrons. The topological polar surface area (TPSA) is 83.0 Å². The fourth-order valence-corrected chi connectivity index (χ4v) is 5.40. The number of aryl methyl sites for hydroxylation is 2. The SMILES string of the molecule is Cc1ccc(C2=NN3C(=N)/C(=C/c4cn(CCOc5ccccc5C)c5ccccc45)C(=O)N=C3S2)cc1. The maximum absolute atomic E-state index is 13.0. The van der Waals surface area contributed by atoms with E-state index in [9.17, 15) is 4.79 Å². The highest BCUT2D eigenvalue weighted by Gasteiger charge is 2.36. The third kappa shape index (κ3) is 4.43. The second kappa shape index (κ2) is 9.79. The lowest BCUT2D eigenvalue weighted by atomic mass is 10.1. The van der Waals surface area contributed by atoms with Gasteiger partial charge in [0.25, 0.3) is 5.91 Å². The second-order valence-electron chi connectivity index (χ2n) is 9.20. The van der Waals surface area contributed by atoms with E-state index >= 15 is 0 Å². The molecule has 8 heteroatoms. The van der Waals surface area contributed by atoms with Crippen LogP contribution in [0.4, 0.5) is 0 Å². The minimum absolute atomic E-state index is 0.0225. The number of aromatic nitrogens is 1. The highest BCUT2D eigenvalue weighted by Crippen LogP contribution is 2.32. The molecule has 0 fully saturated rings. The van der Waals surface area contributed by atoms with E-state index < -0.39 is 5.91 Å². The van der Waals surface area contributed by atoms with Gasteiger partial charge in [0.05, 0.1) is 12.1 Å². The lowest BCUT2D eigenvalue weighted by Crippen LogP contribution is -2.35. The molecule has 38 heavy (non-hydrogen) atoms. The predicted molar refractivity (Wildman–Crippen MR) is 154 cm³/mol. The summed E-state index contributed by atoms with van der Waals surface area (Å²) in [6, 6.07) is 24.0. The molecule has 0 atom stereocenters. The zero-order chi connectivity index (χ0) is 26.2. The molecule has 4 aromatic rings. The first kappa shape index (κ1) is 23.9. The molecule has 3 heterocycles. The molecule has 1 N–H and O–H groups in total. The highest BCUT2D eigenvalue weighted by molar-refractivity contribution is 8.27. The summed E-state index contributed by atoms with van der Waals surface area (Å²) in [7, 11) is 0. The van der Waals surface area contributed by atoms with E-state index in [2.05, 4.69) is 14.7 Å². The Morgan fingerprint density at radius 1 is 1.00 bits per heavy atom. The van der Waals surface area contributed by atoms with Crippen molar-refractivity contribution in [3.8, 4) is 5.75 Å². The van der Waals surface area contributed by atoms with Crippen molar-refractivity contribution in [1.29, 1.82) is 5.41 Å². The Balaban J connectivity index is 1.28. The van der Waals surface area contributed by atoms with Crippen LogP contribution >= 0.6 is 11.8 Å². The maximum Gasteiger partial charge on any atom is 0.283 e. The number of hydrazone groups is 1. The van der Waals surface area contributed by atoms with Gasteiger partial charge in [0.2, 0.25) is 5.17 Å². The Bertz CT molecular complexity index is 1680. The fraction of sp³-hybridized carbons (Fsp3) is 0.133. The first-order chi connectivity index (χ1) is 18.5. The van der Waals surface area contributed by atoms with E-state index in [1.54, 1.807) is 6.08 Å². The Morgan fingerprint density at radius 2 is 1.76 bits per heavy atom. The van der Waals surface area contributed by atoms with Gasteiger partial charge in [-0.3, -0.25) is 10.2 Å². The highest BCUT2D eigenvalue weighted by atomic mass is 32.2. The number of amidine groups is 2. The van der Waals surface area contributed by atoms with Crippen molar-refractivity contribution in [3.63, 3.8) is 0 Å². The normalized spacial score (nSPS) is 16.2. The minimum atomic E-state index is -0.436. The molecule has 0 aliphatic carbocycles. The number of hydrogen-bond acceptors (Lipinski definition) is 5. The zero-order valence-corrected chi connectivity index (χ0v) is 21.8.